The highest BCUT2D eigenvalue weighted by Crippen LogP contribution is 2.42. The van der Waals surface area contributed by atoms with Gasteiger partial charge in [0.2, 0.25) is 5.88 Å². The Balaban J connectivity index is 2.21. The van der Waals surface area contributed by atoms with Gasteiger partial charge in [-0.15, -0.1) is 0 Å². The molecule has 6 heteroatoms. The van der Waals surface area contributed by atoms with Gasteiger partial charge in [0.25, 0.3) is 0 Å². The third-order valence-electron chi connectivity index (χ3n) is 3.76. The Morgan fingerprint density at radius 2 is 2.35 bits per heavy atom. The molecule has 1 atom stereocenters. The van der Waals surface area contributed by atoms with Crippen LogP contribution in [-0.4, -0.2) is 15.6 Å². The lowest BCUT2D eigenvalue weighted by molar-refractivity contribution is -0.116. The molecule has 1 aromatic heterocycles. The summed E-state index contributed by atoms with van der Waals surface area (Å²) in [5.41, 5.74) is 7.46. The van der Waals surface area contributed by atoms with Crippen LogP contribution in [0.2, 0.25) is 0 Å². The average molecular weight is 270 g/mol. The Hall–Kier alpha value is -2.55. The van der Waals surface area contributed by atoms with E-state index in [0.717, 1.165) is 12.1 Å². The second kappa shape index (κ2) is 4.53. The molecule has 0 fully saturated rings. The van der Waals surface area contributed by atoms with Gasteiger partial charge in [-0.05, 0) is 12.5 Å². The van der Waals surface area contributed by atoms with Crippen LogP contribution in [-0.2, 0) is 16.6 Å². The zero-order chi connectivity index (χ0) is 14.3. The number of nitrogens with two attached hydrogens (primary N) is 1. The molecule has 2 N–H and O–H groups in total. The molecule has 1 aliphatic heterocycles. The number of ether oxygens (including phenoxy) is 1. The summed E-state index contributed by atoms with van der Waals surface area (Å²) in [5, 5.41) is 13.5. The highest BCUT2D eigenvalue weighted by molar-refractivity contribution is 5.99. The van der Waals surface area contributed by atoms with Crippen molar-refractivity contribution in [3.05, 3.63) is 40.7 Å². The molecule has 0 aromatic carbocycles. The Morgan fingerprint density at radius 3 is 3.00 bits per heavy atom. The molecule has 0 spiro atoms. The summed E-state index contributed by atoms with van der Waals surface area (Å²) in [4.78, 5) is 12.3. The van der Waals surface area contributed by atoms with E-state index < -0.39 is 5.92 Å². The average Bonchev–Trinajstić information content (AvgIpc) is 2.83. The van der Waals surface area contributed by atoms with Gasteiger partial charge in [0.1, 0.15) is 17.4 Å². The van der Waals surface area contributed by atoms with Gasteiger partial charge in [-0.3, -0.25) is 9.48 Å². The number of hydrogen-bond donors (Lipinski definition) is 1. The van der Waals surface area contributed by atoms with Gasteiger partial charge >= 0.3 is 0 Å². The van der Waals surface area contributed by atoms with Gasteiger partial charge in [-0.25, -0.2) is 0 Å². The van der Waals surface area contributed by atoms with Crippen molar-refractivity contribution in [2.45, 2.75) is 25.2 Å². The lowest BCUT2D eigenvalue weighted by atomic mass is 9.79. The van der Waals surface area contributed by atoms with Gasteiger partial charge < -0.3 is 10.5 Å². The summed E-state index contributed by atoms with van der Waals surface area (Å²) < 4.78 is 7.16. The molecule has 1 aromatic rings. The van der Waals surface area contributed by atoms with Gasteiger partial charge in [0.05, 0.1) is 11.6 Å². The zero-order valence-corrected chi connectivity index (χ0v) is 11.1. The number of nitrogens with zero attached hydrogens (tertiary/aromatic N) is 3. The summed E-state index contributed by atoms with van der Waals surface area (Å²) in [7, 11) is 1.78. The van der Waals surface area contributed by atoms with E-state index in [9.17, 15) is 10.1 Å². The molecular formula is C14H14N4O2. The minimum absolute atomic E-state index is 0.0256. The van der Waals surface area contributed by atoms with Gasteiger partial charge in [-0.2, -0.15) is 10.4 Å². The van der Waals surface area contributed by atoms with Crippen LogP contribution in [0.25, 0.3) is 0 Å². The lowest BCUT2D eigenvalue weighted by Gasteiger charge is -2.30. The number of carbonyl (C=O) groups excluding carboxylic acids is 1. The first-order chi connectivity index (χ1) is 9.63. The Bertz CT molecular complexity index is 690. The Labute approximate surface area is 116 Å². The van der Waals surface area contributed by atoms with Crippen molar-refractivity contribution in [1.29, 1.82) is 5.26 Å². The highest BCUT2D eigenvalue weighted by atomic mass is 16.5. The van der Waals surface area contributed by atoms with Crippen molar-refractivity contribution < 1.29 is 9.53 Å². The smallest absolute Gasteiger partial charge is 0.205 e. The second-order valence-corrected chi connectivity index (χ2v) is 4.92. The molecule has 6 nitrogen and oxygen atoms in total. The Morgan fingerprint density at radius 1 is 1.55 bits per heavy atom. The summed E-state index contributed by atoms with van der Waals surface area (Å²) in [6.45, 7) is 0. The number of hydrogen-bond acceptors (Lipinski definition) is 5. The van der Waals surface area contributed by atoms with Crippen molar-refractivity contribution in [1.82, 2.24) is 9.78 Å². The Kier molecular flexibility index (Phi) is 2.83. The standard InChI is InChI=1S/C14H14N4O2/c1-18-9(5-6-17-18)12-8(7-15)14(16)20-11-4-2-3-10(19)13(11)12/h5-6,12H,2-4,16H2,1H3/t12-/m1/s1. The molecule has 0 saturated heterocycles. The van der Waals surface area contributed by atoms with Crippen LogP contribution in [0, 0.1) is 11.3 Å². The third kappa shape index (κ3) is 1.71. The maximum atomic E-state index is 12.3. The van der Waals surface area contributed by atoms with E-state index in [1.165, 1.54) is 0 Å². The van der Waals surface area contributed by atoms with Crippen LogP contribution in [0.3, 0.4) is 0 Å². The number of aromatic nitrogens is 2. The number of aryl methyl sites for hydroxylation is 1. The van der Waals surface area contributed by atoms with Crippen LogP contribution in [0.15, 0.2) is 35.1 Å². The van der Waals surface area contributed by atoms with Crippen molar-refractivity contribution in [2.24, 2.45) is 12.8 Å². The van der Waals surface area contributed by atoms with Crippen molar-refractivity contribution in [3.8, 4) is 6.07 Å². The number of ketones is 1. The highest BCUT2D eigenvalue weighted by Gasteiger charge is 2.39. The number of carbonyl (C=O) groups is 1. The fraction of sp³-hybridized carbons (Fsp3) is 0.357. The van der Waals surface area contributed by atoms with Crippen LogP contribution >= 0.6 is 0 Å². The van der Waals surface area contributed by atoms with Crippen LogP contribution < -0.4 is 5.73 Å². The minimum atomic E-state index is -0.468. The largest absolute Gasteiger partial charge is 0.444 e. The van der Waals surface area contributed by atoms with Crippen molar-refractivity contribution in [3.63, 3.8) is 0 Å². The molecule has 0 radical (unpaired) electrons. The molecule has 2 aliphatic rings. The van der Waals surface area contributed by atoms with Gasteiger partial charge in [0.15, 0.2) is 5.78 Å². The van der Waals surface area contributed by atoms with Gasteiger partial charge in [-0.1, -0.05) is 0 Å². The topological polar surface area (TPSA) is 93.9 Å². The summed E-state index contributed by atoms with van der Waals surface area (Å²) in [6.07, 6.45) is 3.55. The SMILES string of the molecule is Cn1nccc1[C@H]1C(C#N)=C(N)OC2=C1C(=O)CCC2. The molecule has 0 saturated carbocycles. The van der Waals surface area contributed by atoms with E-state index in [1.54, 1.807) is 24.0 Å². The van der Waals surface area contributed by atoms with E-state index in [2.05, 4.69) is 11.2 Å². The fourth-order valence-corrected chi connectivity index (χ4v) is 2.82. The predicted octanol–water partition coefficient (Wildman–Crippen LogP) is 1.23. The third-order valence-corrected chi connectivity index (χ3v) is 3.76. The normalized spacial score (nSPS) is 22.4. The quantitative estimate of drug-likeness (QED) is 0.828. The zero-order valence-electron chi connectivity index (χ0n) is 11.1. The van der Waals surface area contributed by atoms with E-state index in [-0.39, 0.29) is 17.2 Å². The molecule has 0 unspecified atom stereocenters. The van der Waals surface area contributed by atoms with Crippen molar-refractivity contribution >= 4 is 5.78 Å². The monoisotopic (exact) mass is 270 g/mol. The summed E-state index contributed by atoms with van der Waals surface area (Å²) in [5.74, 6) is 0.248. The molecule has 1 aliphatic carbocycles. The lowest BCUT2D eigenvalue weighted by Crippen LogP contribution is -2.28. The number of allylic oxidation sites excluding steroid dienone is 3. The van der Waals surface area contributed by atoms with Crippen molar-refractivity contribution in [2.75, 3.05) is 0 Å². The van der Waals surface area contributed by atoms with E-state index in [1.807, 2.05) is 0 Å². The van der Waals surface area contributed by atoms with Crippen LogP contribution in [0.4, 0.5) is 0 Å². The van der Waals surface area contributed by atoms with E-state index >= 15 is 0 Å². The fourth-order valence-electron chi connectivity index (χ4n) is 2.82. The number of nitriles is 1. The summed E-state index contributed by atoms with van der Waals surface area (Å²) in [6, 6.07) is 3.87. The molecular weight excluding hydrogens is 256 g/mol. The van der Waals surface area contributed by atoms with E-state index in [0.29, 0.717) is 24.2 Å². The molecule has 2 heterocycles. The van der Waals surface area contributed by atoms with Crippen LogP contribution in [0.1, 0.15) is 30.9 Å². The van der Waals surface area contributed by atoms with Crippen LogP contribution in [0.5, 0.6) is 0 Å². The second-order valence-electron chi connectivity index (χ2n) is 4.92. The number of rotatable bonds is 1. The maximum Gasteiger partial charge on any atom is 0.205 e. The van der Waals surface area contributed by atoms with E-state index in [4.69, 9.17) is 10.5 Å². The molecule has 20 heavy (non-hydrogen) atoms. The molecule has 0 amide bonds. The molecule has 102 valence electrons. The first-order valence-electron chi connectivity index (χ1n) is 6.45. The first-order valence-corrected chi connectivity index (χ1v) is 6.45. The molecule has 3 rings (SSSR count). The summed E-state index contributed by atoms with van der Waals surface area (Å²) >= 11 is 0. The maximum absolute atomic E-state index is 12.3. The number of Topliss-reactive ketones (excluding diaryl/α,β-unsaturated/α-hetero) is 1. The first kappa shape index (κ1) is 12.5. The molecule has 0 bridgehead atoms. The predicted molar refractivity (Wildman–Crippen MR) is 69.7 cm³/mol. The van der Waals surface area contributed by atoms with Gasteiger partial charge in [0, 0.05) is 31.7 Å². The minimum Gasteiger partial charge on any atom is -0.444 e.